The van der Waals surface area contributed by atoms with E-state index < -0.39 is 5.91 Å². The maximum atomic E-state index is 12.2. The molecule has 0 bridgehead atoms. The predicted octanol–water partition coefficient (Wildman–Crippen LogP) is 2.44. The highest BCUT2D eigenvalue weighted by molar-refractivity contribution is 9.10. The molecule has 6 heteroatoms. The number of carbonyl (C=O) groups is 2. The van der Waals surface area contributed by atoms with Crippen LogP contribution >= 0.6 is 15.9 Å². The van der Waals surface area contributed by atoms with Gasteiger partial charge in [-0.1, -0.05) is 34.1 Å². The van der Waals surface area contributed by atoms with Crippen molar-refractivity contribution in [3.8, 4) is 0 Å². The van der Waals surface area contributed by atoms with E-state index in [1.165, 1.54) is 5.56 Å². The van der Waals surface area contributed by atoms with Gasteiger partial charge in [0.15, 0.2) is 0 Å². The number of amides is 2. The molecule has 1 aliphatic heterocycles. The summed E-state index contributed by atoms with van der Waals surface area (Å²) < 4.78 is 1.06. The maximum absolute atomic E-state index is 12.2. The van der Waals surface area contributed by atoms with E-state index in [1.54, 1.807) is 10.4 Å². The molecule has 0 fully saturated rings. The topological polar surface area (TPSA) is 69.6 Å². The molecule has 0 saturated carbocycles. The van der Waals surface area contributed by atoms with Gasteiger partial charge in [-0.05, 0) is 37.0 Å². The first-order chi connectivity index (χ1) is 10.6. The fourth-order valence-electron chi connectivity index (χ4n) is 2.42. The largest absolute Gasteiger partial charge is 0.335 e. The molecule has 5 nitrogen and oxygen atoms in total. The van der Waals surface area contributed by atoms with Crippen molar-refractivity contribution < 1.29 is 14.8 Å². The SMILES string of the molecule is O=C(CCC1=CCN(CCCc2ccc(Br)cc2)C1=O)NO. The molecule has 0 unspecified atom stereocenters. The number of aryl methyl sites for hydroxylation is 1. The molecule has 1 aliphatic rings. The van der Waals surface area contributed by atoms with Crippen LogP contribution in [0.25, 0.3) is 0 Å². The monoisotopic (exact) mass is 366 g/mol. The van der Waals surface area contributed by atoms with E-state index in [-0.39, 0.29) is 12.3 Å². The Morgan fingerprint density at radius 2 is 2.00 bits per heavy atom. The van der Waals surface area contributed by atoms with Crippen LogP contribution in [0.15, 0.2) is 40.4 Å². The lowest BCUT2D eigenvalue weighted by Gasteiger charge is -2.16. The quantitative estimate of drug-likeness (QED) is 0.575. The molecule has 118 valence electrons. The molecule has 2 N–H and O–H groups in total. The van der Waals surface area contributed by atoms with Crippen molar-refractivity contribution in [2.24, 2.45) is 0 Å². The fourth-order valence-corrected chi connectivity index (χ4v) is 2.69. The number of nitrogens with zero attached hydrogens (tertiary/aromatic N) is 1. The standard InChI is InChI=1S/C16H19BrN2O3/c17-14-6-3-12(4-7-14)2-1-10-19-11-9-13(16(19)21)5-8-15(20)18-22/h3-4,6-7,9,22H,1-2,5,8,10-11H2,(H,18,20). The van der Waals surface area contributed by atoms with E-state index in [2.05, 4.69) is 28.1 Å². The van der Waals surface area contributed by atoms with Gasteiger partial charge >= 0.3 is 0 Å². The van der Waals surface area contributed by atoms with Gasteiger partial charge in [-0.25, -0.2) is 5.48 Å². The second-order valence-corrected chi connectivity index (χ2v) is 6.16. The average Bonchev–Trinajstić information content (AvgIpc) is 2.87. The lowest BCUT2D eigenvalue weighted by Crippen LogP contribution is -2.28. The Balaban J connectivity index is 1.73. The van der Waals surface area contributed by atoms with Crippen LogP contribution < -0.4 is 5.48 Å². The van der Waals surface area contributed by atoms with E-state index in [4.69, 9.17) is 5.21 Å². The minimum absolute atomic E-state index is 0.00143. The van der Waals surface area contributed by atoms with Crippen LogP contribution in [0.1, 0.15) is 24.8 Å². The first kappa shape index (κ1) is 16.7. The summed E-state index contributed by atoms with van der Waals surface area (Å²) in [6.45, 7) is 1.32. The Labute approximate surface area is 138 Å². The summed E-state index contributed by atoms with van der Waals surface area (Å²) >= 11 is 3.41. The van der Waals surface area contributed by atoms with E-state index in [0.717, 1.165) is 17.3 Å². The van der Waals surface area contributed by atoms with Crippen molar-refractivity contribution in [3.05, 3.63) is 46.0 Å². The lowest BCUT2D eigenvalue weighted by molar-refractivity contribution is -0.129. The zero-order valence-corrected chi connectivity index (χ0v) is 13.8. The molecule has 0 saturated heterocycles. The predicted molar refractivity (Wildman–Crippen MR) is 86.3 cm³/mol. The molecular weight excluding hydrogens is 348 g/mol. The molecule has 0 radical (unpaired) electrons. The summed E-state index contributed by atoms with van der Waals surface area (Å²) in [6.07, 6.45) is 4.20. The summed E-state index contributed by atoms with van der Waals surface area (Å²) in [5, 5.41) is 8.45. The number of carbonyl (C=O) groups excluding carboxylic acids is 2. The second-order valence-electron chi connectivity index (χ2n) is 5.25. The van der Waals surface area contributed by atoms with Crippen molar-refractivity contribution in [1.29, 1.82) is 0 Å². The minimum Gasteiger partial charge on any atom is -0.335 e. The van der Waals surface area contributed by atoms with Crippen molar-refractivity contribution in [2.45, 2.75) is 25.7 Å². The number of hydroxylamine groups is 1. The van der Waals surface area contributed by atoms with E-state index in [0.29, 0.717) is 25.1 Å². The molecule has 0 aromatic heterocycles. The first-order valence-electron chi connectivity index (χ1n) is 7.26. The Bertz CT molecular complexity index is 569. The highest BCUT2D eigenvalue weighted by Gasteiger charge is 2.23. The third kappa shape index (κ3) is 4.68. The first-order valence-corrected chi connectivity index (χ1v) is 8.05. The van der Waals surface area contributed by atoms with Crippen LogP contribution in [0.3, 0.4) is 0 Å². The van der Waals surface area contributed by atoms with E-state index in [1.807, 2.05) is 18.2 Å². The molecule has 0 atom stereocenters. The fraction of sp³-hybridized carbons (Fsp3) is 0.375. The van der Waals surface area contributed by atoms with Crippen LogP contribution in [0, 0.1) is 0 Å². The van der Waals surface area contributed by atoms with Crippen LogP contribution in [0.2, 0.25) is 0 Å². The number of hydrogen-bond acceptors (Lipinski definition) is 3. The van der Waals surface area contributed by atoms with Crippen molar-refractivity contribution in [3.63, 3.8) is 0 Å². The normalized spacial score (nSPS) is 14.2. The van der Waals surface area contributed by atoms with E-state index >= 15 is 0 Å². The Morgan fingerprint density at radius 1 is 1.27 bits per heavy atom. The summed E-state index contributed by atoms with van der Waals surface area (Å²) in [7, 11) is 0. The molecule has 0 spiro atoms. The molecule has 2 rings (SSSR count). The summed E-state index contributed by atoms with van der Waals surface area (Å²) in [5.74, 6) is -0.469. The molecule has 1 aromatic rings. The van der Waals surface area contributed by atoms with Crippen LogP contribution in [0.4, 0.5) is 0 Å². The maximum Gasteiger partial charge on any atom is 0.249 e. The van der Waals surface area contributed by atoms with Crippen molar-refractivity contribution in [2.75, 3.05) is 13.1 Å². The number of nitrogens with one attached hydrogen (secondary N) is 1. The van der Waals surface area contributed by atoms with Crippen LogP contribution in [0.5, 0.6) is 0 Å². The zero-order valence-electron chi connectivity index (χ0n) is 12.2. The van der Waals surface area contributed by atoms with Gasteiger partial charge in [0.05, 0.1) is 0 Å². The zero-order chi connectivity index (χ0) is 15.9. The molecule has 0 aliphatic carbocycles. The second kappa shape index (κ2) is 8.10. The van der Waals surface area contributed by atoms with Gasteiger partial charge in [0.25, 0.3) is 0 Å². The highest BCUT2D eigenvalue weighted by Crippen LogP contribution is 2.17. The van der Waals surface area contributed by atoms with Gasteiger partial charge in [-0.15, -0.1) is 0 Å². The number of hydrogen-bond donors (Lipinski definition) is 2. The number of halogens is 1. The summed E-state index contributed by atoms with van der Waals surface area (Å²) in [4.78, 5) is 24.9. The van der Waals surface area contributed by atoms with Gasteiger partial charge in [0, 0.05) is 29.6 Å². The van der Waals surface area contributed by atoms with Gasteiger partial charge in [0.2, 0.25) is 11.8 Å². The van der Waals surface area contributed by atoms with Crippen LogP contribution in [-0.4, -0.2) is 35.0 Å². The van der Waals surface area contributed by atoms with Gasteiger partial charge in [-0.3, -0.25) is 14.8 Å². The number of benzene rings is 1. The molecule has 2 amide bonds. The highest BCUT2D eigenvalue weighted by atomic mass is 79.9. The Morgan fingerprint density at radius 3 is 2.68 bits per heavy atom. The Hall–Kier alpha value is -1.66. The summed E-state index contributed by atoms with van der Waals surface area (Å²) in [5.41, 5.74) is 3.49. The van der Waals surface area contributed by atoms with Gasteiger partial charge in [-0.2, -0.15) is 0 Å². The minimum atomic E-state index is -0.470. The molecule has 1 aromatic carbocycles. The van der Waals surface area contributed by atoms with Crippen LogP contribution in [-0.2, 0) is 16.0 Å². The third-order valence-electron chi connectivity index (χ3n) is 3.67. The molecular formula is C16H19BrN2O3. The van der Waals surface area contributed by atoms with Crippen molar-refractivity contribution in [1.82, 2.24) is 10.4 Å². The van der Waals surface area contributed by atoms with E-state index in [9.17, 15) is 9.59 Å². The summed E-state index contributed by atoms with van der Waals surface area (Å²) in [6, 6.07) is 8.19. The van der Waals surface area contributed by atoms with Gasteiger partial charge in [0.1, 0.15) is 0 Å². The Kier molecular flexibility index (Phi) is 6.15. The average molecular weight is 367 g/mol. The molecule has 22 heavy (non-hydrogen) atoms. The van der Waals surface area contributed by atoms with Gasteiger partial charge < -0.3 is 4.90 Å². The molecule has 1 heterocycles. The third-order valence-corrected chi connectivity index (χ3v) is 4.20. The van der Waals surface area contributed by atoms with Crippen molar-refractivity contribution >= 4 is 27.7 Å². The smallest absolute Gasteiger partial charge is 0.249 e. The lowest BCUT2D eigenvalue weighted by atomic mass is 10.1. The number of rotatable bonds is 7.